The Hall–Kier alpha value is -0.120. The molecule has 0 spiro atoms. The average Bonchev–Trinajstić information content (AvgIpc) is 3.05. The number of nitrogens with one attached hydrogen (secondary N) is 1. The summed E-state index contributed by atoms with van der Waals surface area (Å²) in [7, 11) is 0. The summed E-state index contributed by atoms with van der Waals surface area (Å²) >= 11 is 0. The highest BCUT2D eigenvalue weighted by atomic mass is 16.2. The van der Waals surface area contributed by atoms with Crippen LogP contribution in [0, 0.1) is 0 Å². The third-order valence-electron chi connectivity index (χ3n) is 3.16. The maximum atomic E-state index is 8.71. The van der Waals surface area contributed by atoms with Crippen molar-refractivity contribution in [1.82, 2.24) is 10.2 Å². The maximum absolute atomic E-state index is 8.71. The second kappa shape index (κ2) is 7.20. The largest absolute Gasteiger partial charge is 0.396 e. The van der Waals surface area contributed by atoms with Crippen molar-refractivity contribution in [1.29, 1.82) is 0 Å². The molecule has 0 aromatic rings. The van der Waals surface area contributed by atoms with Crippen LogP contribution in [0.5, 0.6) is 0 Å². The molecule has 1 rings (SSSR count). The topological polar surface area (TPSA) is 35.5 Å². The van der Waals surface area contributed by atoms with Gasteiger partial charge in [-0.3, -0.25) is 4.90 Å². The Balaban J connectivity index is 1.98. The zero-order chi connectivity index (χ0) is 11.1. The number of hydrogen-bond donors (Lipinski definition) is 2. The van der Waals surface area contributed by atoms with E-state index < -0.39 is 0 Å². The van der Waals surface area contributed by atoms with Crippen molar-refractivity contribution < 1.29 is 5.11 Å². The summed E-state index contributed by atoms with van der Waals surface area (Å²) in [5.41, 5.74) is 0. The third kappa shape index (κ3) is 5.50. The average molecular weight is 214 g/mol. The molecule has 3 heteroatoms. The molecule has 1 atom stereocenters. The van der Waals surface area contributed by atoms with E-state index in [4.69, 9.17) is 5.11 Å². The first-order chi connectivity index (χ1) is 7.27. The van der Waals surface area contributed by atoms with Crippen LogP contribution in [0.1, 0.15) is 39.5 Å². The van der Waals surface area contributed by atoms with Crippen LogP contribution in [0.15, 0.2) is 0 Å². The summed E-state index contributed by atoms with van der Waals surface area (Å²) in [5, 5.41) is 12.2. The molecular weight excluding hydrogens is 188 g/mol. The highest BCUT2D eigenvalue weighted by molar-refractivity contribution is 4.84. The van der Waals surface area contributed by atoms with Crippen LogP contribution in [0.3, 0.4) is 0 Å². The van der Waals surface area contributed by atoms with Gasteiger partial charge in [0.05, 0.1) is 0 Å². The minimum atomic E-state index is 0.315. The van der Waals surface area contributed by atoms with Crippen molar-refractivity contribution in [2.75, 3.05) is 26.2 Å². The van der Waals surface area contributed by atoms with Crippen LogP contribution in [0.25, 0.3) is 0 Å². The van der Waals surface area contributed by atoms with Crippen molar-refractivity contribution in [3.63, 3.8) is 0 Å². The fourth-order valence-corrected chi connectivity index (χ4v) is 1.99. The lowest BCUT2D eigenvalue weighted by atomic mass is 10.2. The van der Waals surface area contributed by atoms with Crippen molar-refractivity contribution in [2.45, 2.75) is 51.6 Å². The van der Waals surface area contributed by atoms with Crippen LogP contribution in [0.4, 0.5) is 0 Å². The van der Waals surface area contributed by atoms with Gasteiger partial charge in [-0.15, -0.1) is 0 Å². The molecule has 0 aromatic heterocycles. The zero-order valence-corrected chi connectivity index (χ0v) is 10.2. The lowest BCUT2D eigenvalue weighted by molar-refractivity contribution is 0.261. The zero-order valence-electron chi connectivity index (χ0n) is 10.2. The monoisotopic (exact) mass is 214 g/mol. The van der Waals surface area contributed by atoms with Gasteiger partial charge in [-0.1, -0.05) is 6.92 Å². The van der Waals surface area contributed by atoms with Crippen molar-refractivity contribution in [3.05, 3.63) is 0 Å². The summed E-state index contributed by atoms with van der Waals surface area (Å²) in [5.74, 6) is 0. The molecule has 1 unspecified atom stereocenters. The lowest BCUT2D eigenvalue weighted by Crippen LogP contribution is -2.37. The van der Waals surface area contributed by atoms with Gasteiger partial charge in [0.15, 0.2) is 0 Å². The van der Waals surface area contributed by atoms with Crippen LogP contribution in [-0.2, 0) is 0 Å². The van der Waals surface area contributed by atoms with Crippen LogP contribution in [-0.4, -0.2) is 48.3 Å². The van der Waals surface area contributed by atoms with Gasteiger partial charge in [-0.2, -0.15) is 0 Å². The Morgan fingerprint density at radius 3 is 2.73 bits per heavy atom. The summed E-state index contributed by atoms with van der Waals surface area (Å²) in [6.07, 6.45) is 4.78. The molecule has 0 heterocycles. The molecule has 15 heavy (non-hydrogen) atoms. The molecule has 1 aliphatic rings. The van der Waals surface area contributed by atoms with E-state index in [1.807, 2.05) is 0 Å². The molecule has 0 aliphatic heterocycles. The van der Waals surface area contributed by atoms with Gasteiger partial charge in [0, 0.05) is 31.8 Å². The van der Waals surface area contributed by atoms with Crippen molar-refractivity contribution >= 4 is 0 Å². The SMILES string of the molecule is CCN(CCNC(C)CCCO)C1CC1. The van der Waals surface area contributed by atoms with E-state index in [9.17, 15) is 0 Å². The van der Waals surface area contributed by atoms with Crippen molar-refractivity contribution in [2.24, 2.45) is 0 Å². The Kier molecular flexibility index (Phi) is 6.22. The highest BCUT2D eigenvalue weighted by Crippen LogP contribution is 2.25. The molecule has 3 nitrogen and oxygen atoms in total. The van der Waals surface area contributed by atoms with Crippen LogP contribution < -0.4 is 5.32 Å². The lowest BCUT2D eigenvalue weighted by Gasteiger charge is -2.21. The molecule has 0 aromatic carbocycles. The molecule has 1 fully saturated rings. The molecule has 0 saturated heterocycles. The Morgan fingerprint density at radius 1 is 1.47 bits per heavy atom. The van der Waals surface area contributed by atoms with Gasteiger partial charge in [0.25, 0.3) is 0 Å². The van der Waals surface area contributed by atoms with E-state index >= 15 is 0 Å². The standard InChI is InChI=1S/C12H26N2O/c1-3-14(12-6-7-12)9-8-13-11(2)5-4-10-15/h11-13,15H,3-10H2,1-2H3. The molecule has 1 aliphatic carbocycles. The maximum Gasteiger partial charge on any atom is 0.0431 e. The van der Waals surface area contributed by atoms with Gasteiger partial charge in [-0.25, -0.2) is 0 Å². The van der Waals surface area contributed by atoms with E-state index in [1.165, 1.54) is 25.9 Å². The van der Waals surface area contributed by atoms with E-state index in [0.717, 1.165) is 25.4 Å². The molecule has 90 valence electrons. The second-order valence-electron chi connectivity index (χ2n) is 4.58. The molecule has 1 saturated carbocycles. The molecule has 0 amide bonds. The first kappa shape index (κ1) is 12.9. The summed E-state index contributed by atoms with van der Waals surface area (Å²) in [6, 6.07) is 1.42. The second-order valence-corrected chi connectivity index (χ2v) is 4.58. The number of aliphatic hydroxyl groups is 1. The van der Waals surface area contributed by atoms with Gasteiger partial charge >= 0.3 is 0 Å². The highest BCUT2D eigenvalue weighted by Gasteiger charge is 2.27. The quantitative estimate of drug-likeness (QED) is 0.606. The van der Waals surface area contributed by atoms with Gasteiger partial charge in [0.2, 0.25) is 0 Å². The van der Waals surface area contributed by atoms with Gasteiger partial charge in [0.1, 0.15) is 0 Å². The van der Waals surface area contributed by atoms with E-state index in [-0.39, 0.29) is 0 Å². The van der Waals surface area contributed by atoms with Crippen LogP contribution >= 0.6 is 0 Å². The first-order valence-corrected chi connectivity index (χ1v) is 6.36. The number of rotatable bonds is 9. The van der Waals surface area contributed by atoms with Crippen LogP contribution in [0.2, 0.25) is 0 Å². The predicted octanol–water partition coefficient (Wildman–Crippen LogP) is 1.22. The Morgan fingerprint density at radius 2 is 2.20 bits per heavy atom. The fourth-order valence-electron chi connectivity index (χ4n) is 1.99. The first-order valence-electron chi connectivity index (χ1n) is 6.36. The minimum absolute atomic E-state index is 0.315. The Bertz CT molecular complexity index is 160. The summed E-state index contributed by atoms with van der Waals surface area (Å²) in [6.45, 7) is 8.19. The number of aliphatic hydroxyl groups excluding tert-OH is 1. The molecule has 0 bridgehead atoms. The number of likely N-dealkylation sites (N-methyl/N-ethyl adjacent to an activating group) is 1. The molecule has 2 N–H and O–H groups in total. The van der Waals surface area contributed by atoms with Gasteiger partial charge < -0.3 is 10.4 Å². The third-order valence-corrected chi connectivity index (χ3v) is 3.16. The minimum Gasteiger partial charge on any atom is -0.396 e. The van der Waals surface area contributed by atoms with E-state index in [1.54, 1.807) is 0 Å². The van der Waals surface area contributed by atoms with Gasteiger partial charge in [-0.05, 0) is 39.2 Å². The number of hydrogen-bond acceptors (Lipinski definition) is 3. The predicted molar refractivity (Wildman–Crippen MR) is 64.1 cm³/mol. The Labute approximate surface area is 93.9 Å². The fraction of sp³-hybridized carbons (Fsp3) is 1.00. The number of nitrogens with zero attached hydrogens (tertiary/aromatic N) is 1. The summed E-state index contributed by atoms with van der Waals surface area (Å²) in [4.78, 5) is 2.56. The molecule has 0 radical (unpaired) electrons. The smallest absolute Gasteiger partial charge is 0.0431 e. The summed E-state index contributed by atoms with van der Waals surface area (Å²) < 4.78 is 0. The van der Waals surface area contributed by atoms with E-state index in [2.05, 4.69) is 24.1 Å². The van der Waals surface area contributed by atoms with Crippen molar-refractivity contribution in [3.8, 4) is 0 Å². The molecular formula is C12H26N2O. The van der Waals surface area contributed by atoms with E-state index in [0.29, 0.717) is 12.6 Å². The normalized spacial score (nSPS) is 18.4.